The van der Waals surface area contributed by atoms with Gasteiger partial charge < -0.3 is 9.80 Å². The lowest BCUT2D eigenvalue weighted by Gasteiger charge is -2.25. The minimum atomic E-state index is -0.661. The van der Waals surface area contributed by atoms with Crippen LogP contribution >= 0.6 is 0 Å². The molecule has 1 fully saturated rings. The van der Waals surface area contributed by atoms with Gasteiger partial charge in [-0.3, -0.25) is 4.79 Å². The molecule has 0 aliphatic heterocycles. The van der Waals surface area contributed by atoms with Gasteiger partial charge in [0.05, 0.1) is 6.07 Å². The number of nitrogens with zero attached hydrogens (tertiary/aromatic N) is 3. The normalized spacial score (nSPS) is 16.4. The zero-order valence-electron chi connectivity index (χ0n) is 11.9. The molecule has 0 aromatic heterocycles. The van der Waals surface area contributed by atoms with E-state index in [9.17, 15) is 4.79 Å². The number of rotatable bonds is 8. The maximum absolute atomic E-state index is 12.2. The van der Waals surface area contributed by atoms with E-state index in [0.29, 0.717) is 6.54 Å². The van der Waals surface area contributed by atoms with Gasteiger partial charge in [-0.2, -0.15) is 5.26 Å². The highest BCUT2D eigenvalue weighted by molar-refractivity contribution is 5.88. The molecule has 1 saturated carbocycles. The predicted molar refractivity (Wildman–Crippen MR) is 71.9 cm³/mol. The van der Waals surface area contributed by atoms with Crippen molar-refractivity contribution in [1.29, 1.82) is 5.26 Å². The quantitative estimate of drug-likeness (QED) is 0.661. The van der Waals surface area contributed by atoms with E-state index < -0.39 is 5.41 Å². The van der Waals surface area contributed by atoms with Gasteiger partial charge in [0.25, 0.3) is 0 Å². The maximum Gasteiger partial charge on any atom is 0.243 e. The van der Waals surface area contributed by atoms with Crippen molar-refractivity contribution in [3.8, 4) is 6.07 Å². The van der Waals surface area contributed by atoms with Crippen molar-refractivity contribution in [3.05, 3.63) is 0 Å². The number of carbonyl (C=O) groups is 1. The van der Waals surface area contributed by atoms with Crippen LogP contribution < -0.4 is 0 Å². The molecule has 0 saturated heterocycles. The summed E-state index contributed by atoms with van der Waals surface area (Å²) in [5.74, 6) is 0.0482. The molecule has 4 heteroatoms. The Kier molecular flexibility index (Phi) is 5.61. The zero-order valence-corrected chi connectivity index (χ0v) is 11.9. The summed E-state index contributed by atoms with van der Waals surface area (Å²) in [6.45, 7) is 10.9. The number of carbonyl (C=O) groups excluding carboxylic acids is 1. The van der Waals surface area contributed by atoms with E-state index in [2.05, 4.69) is 24.8 Å². The first-order chi connectivity index (χ1) is 8.63. The summed E-state index contributed by atoms with van der Waals surface area (Å²) in [5, 5.41) is 9.06. The number of hydrogen-bond acceptors (Lipinski definition) is 3. The summed E-state index contributed by atoms with van der Waals surface area (Å²) in [6.07, 6.45) is 2.48. The Hall–Kier alpha value is -1.08. The van der Waals surface area contributed by atoms with Gasteiger partial charge in [-0.25, -0.2) is 0 Å². The van der Waals surface area contributed by atoms with E-state index in [1.54, 1.807) is 0 Å². The standard InChI is InChI=1S/C14H25N3O/c1-4-16(5-2)10-7-11-17(6-3)13(18)14(12-15)8-9-14/h4-11H2,1-3H3. The molecule has 1 aliphatic carbocycles. The molecular formula is C14H25N3O. The van der Waals surface area contributed by atoms with Gasteiger partial charge in [-0.05, 0) is 45.8 Å². The minimum Gasteiger partial charge on any atom is -0.342 e. The highest BCUT2D eigenvalue weighted by Crippen LogP contribution is 2.46. The minimum absolute atomic E-state index is 0.0482. The number of hydrogen-bond donors (Lipinski definition) is 0. The Morgan fingerprint density at radius 2 is 1.78 bits per heavy atom. The second kappa shape index (κ2) is 6.75. The van der Waals surface area contributed by atoms with Crippen LogP contribution in [0.5, 0.6) is 0 Å². The first-order valence-electron chi connectivity index (χ1n) is 7.06. The molecule has 0 radical (unpaired) electrons. The van der Waals surface area contributed by atoms with Crippen LogP contribution in [0.1, 0.15) is 40.0 Å². The van der Waals surface area contributed by atoms with Crippen LogP contribution in [-0.2, 0) is 4.79 Å². The average Bonchev–Trinajstić information content (AvgIpc) is 3.19. The fraction of sp³-hybridized carbons (Fsp3) is 0.857. The van der Waals surface area contributed by atoms with E-state index in [-0.39, 0.29) is 5.91 Å². The van der Waals surface area contributed by atoms with Crippen LogP contribution in [-0.4, -0.2) is 48.4 Å². The molecule has 4 nitrogen and oxygen atoms in total. The van der Waals surface area contributed by atoms with Crippen LogP contribution in [0, 0.1) is 16.7 Å². The molecule has 0 aromatic rings. The molecule has 0 heterocycles. The lowest BCUT2D eigenvalue weighted by Crippen LogP contribution is -2.38. The topological polar surface area (TPSA) is 47.3 Å². The van der Waals surface area contributed by atoms with Gasteiger partial charge in [0.15, 0.2) is 0 Å². The molecule has 1 aliphatic rings. The van der Waals surface area contributed by atoms with E-state index in [0.717, 1.165) is 45.4 Å². The first-order valence-corrected chi connectivity index (χ1v) is 7.06. The van der Waals surface area contributed by atoms with Gasteiger partial charge in [0, 0.05) is 13.1 Å². The summed E-state index contributed by atoms with van der Waals surface area (Å²) in [4.78, 5) is 16.4. The van der Waals surface area contributed by atoms with Crippen LogP contribution in [0.3, 0.4) is 0 Å². The SMILES string of the molecule is CCN(CC)CCCN(CC)C(=O)C1(C#N)CC1. The van der Waals surface area contributed by atoms with Crippen LogP contribution in [0.2, 0.25) is 0 Å². The van der Waals surface area contributed by atoms with Gasteiger partial charge >= 0.3 is 0 Å². The van der Waals surface area contributed by atoms with Crippen molar-refractivity contribution >= 4 is 5.91 Å². The molecular weight excluding hydrogens is 226 g/mol. The molecule has 0 spiro atoms. The summed E-state index contributed by atoms with van der Waals surface area (Å²) in [7, 11) is 0. The highest BCUT2D eigenvalue weighted by Gasteiger charge is 2.52. The van der Waals surface area contributed by atoms with Gasteiger partial charge in [-0.1, -0.05) is 13.8 Å². The Morgan fingerprint density at radius 3 is 2.17 bits per heavy atom. The third kappa shape index (κ3) is 3.46. The lowest BCUT2D eigenvalue weighted by atomic mass is 10.1. The molecule has 102 valence electrons. The van der Waals surface area contributed by atoms with Crippen LogP contribution in [0.4, 0.5) is 0 Å². The van der Waals surface area contributed by atoms with Crippen molar-refractivity contribution in [2.24, 2.45) is 5.41 Å². The molecule has 0 bridgehead atoms. The molecule has 0 unspecified atom stereocenters. The zero-order chi connectivity index (χ0) is 13.6. The summed E-state index contributed by atoms with van der Waals surface area (Å²) < 4.78 is 0. The van der Waals surface area contributed by atoms with Crippen LogP contribution in [0.25, 0.3) is 0 Å². The van der Waals surface area contributed by atoms with Crippen molar-refractivity contribution < 1.29 is 4.79 Å². The highest BCUT2D eigenvalue weighted by atomic mass is 16.2. The van der Waals surface area contributed by atoms with Crippen molar-refractivity contribution in [3.63, 3.8) is 0 Å². The van der Waals surface area contributed by atoms with Crippen LogP contribution in [0.15, 0.2) is 0 Å². The molecule has 0 atom stereocenters. The van der Waals surface area contributed by atoms with Gasteiger partial charge in [0.2, 0.25) is 5.91 Å². The monoisotopic (exact) mass is 251 g/mol. The Labute approximate surface area is 111 Å². The van der Waals surface area contributed by atoms with E-state index >= 15 is 0 Å². The fourth-order valence-corrected chi connectivity index (χ4v) is 2.23. The second-order valence-electron chi connectivity index (χ2n) is 4.96. The average molecular weight is 251 g/mol. The summed E-state index contributed by atoms with van der Waals surface area (Å²) >= 11 is 0. The Morgan fingerprint density at radius 1 is 1.17 bits per heavy atom. The molecule has 1 amide bonds. The number of amides is 1. The van der Waals surface area contributed by atoms with E-state index in [1.165, 1.54) is 0 Å². The molecule has 0 aromatic carbocycles. The Balaban J connectivity index is 2.39. The van der Waals surface area contributed by atoms with Gasteiger partial charge in [-0.15, -0.1) is 0 Å². The smallest absolute Gasteiger partial charge is 0.243 e. The predicted octanol–water partition coefficient (Wildman–Crippen LogP) is 1.87. The molecule has 1 rings (SSSR count). The van der Waals surface area contributed by atoms with Crippen molar-refractivity contribution in [2.75, 3.05) is 32.7 Å². The van der Waals surface area contributed by atoms with E-state index in [1.807, 2.05) is 11.8 Å². The third-order valence-electron chi connectivity index (χ3n) is 3.84. The first kappa shape index (κ1) is 15.0. The Bertz CT molecular complexity index is 313. The fourth-order valence-electron chi connectivity index (χ4n) is 2.23. The number of nitriles is 1. The molecule has 18 heavy (non-hydrogen) atoms. The largest absolute Gasteiger partial charge is 0.342 e. The molecule has 0 N–H and O–H groups in total. The van der Waals surface area contributed by atoms with Crippen molar-refractivity contribution in [2.45, 2.75) is 40.0 Å². The lowest BCUT2D eigenvalue weighted by molar-refractivity contribution is -0.134. The maximum atomic E-state index is 12.2. The van der Waals surface area contributed by atoms with E-state index in [4.69, 9.17) is 5.26 Å². The summed E-state index contributed by atoms with van der Waals surface area (Å²) in [6, 6.07) is 2.19. The summed E-state index contributed by atoms with van der Waals surface area (Å²) in [5.41, 5.74) is -0.661. The van der Waals surface area contributed by atoms with Crippen molar-refractivity contribution in [1.82, 2.24) is 9.80 Å². The van der Waals surface area contributed by atoms with Gasteiger partial charge in [0.1, 0.15) is 5.41 Å². The second-order valence-corrected chi connectivity index (χ2v) is 4.96. The third-order valence-corrected chi connectivity index (χ3v) is 3.84.